The third-order valence-corrected chi connectivity index (χ3v) is 5.81. The number of pyridine rings is 1. The molecule has 2 atom stereocenters. The van der Waals surface area contributed by atoms with Crippen LogP contribution in [0.25, 0.3) is 17.1 Å². The number of rotatable bonds is 6. The first-order valence-corrected chi connectivity index (χ1v) is 10.4. The van der Waals surface area contributed by atoms with Crippen molar-refractivity contribution in [3.05, 3.63) is 35.8 Å². The number of ether oxygens (including phenoxy) is 2. The molecule has 0 spiro atoms. The zero-order valence-electron chi connectivity index (χ0n) is 17.0. The monoisotopic (exact) mass is 413 g/mol. The Kier molecular flexibility index (Phi) is 6.15. The van der Waals surface area contributed by atoms with E-state index in [1.165, 1.54) is 0 Å². The lowest BCUT2D eigenvalue weighted by Gasteiger charge is -2.35. The molecule has 4 rings (SSSR count). The fourth-order valence-corrected chi connectivity index (χ4v) is 4.00. The molecule has 30 heavy (non-hydrogen) atoms. The number of allylic oxidation sites excluding steroid dienone is 1. The molecule has 8 nitrogen and oxygen atoms in total. The number of H-pyrrole nitrogens is 1. The van der Waals surface area contributed by atoms with Gasteiger partial charge in [0.25, 0.3) is 0 Å². The second-order valence-corrected chi connectivity index (χ2v) is 7.97. The zero-order valence-corrected chi connectivity index (χ0v) is 17.0. The fourth-order valence-electron chi connectivity index (χ4n) is 4.00. The quantitative estimate of drug-likeness (QED) is 0.323. The lowest BCUT2D eigenvalue weighted by molar-refractivity contribution is -0.157. The molecule has 2 N–H and O–H groups in total. The second-order valence-electron chi connectivity index (χ2n) is 7.97. The van der Waals surface area contributed by atoms with Gasteiger partial charge in [0.15, 0.2) is 17.9 Å². The molecule has 8 heteroatoms. The van der Waals surface area contributed by atoms with Crippen molar-refractivity contribution in [1.82, 2.24) is 14.9 Å². The van der Waals surface area contributed by atoms with Gasteiger partial charge in [-0.3, -0.25) is 14.5 Å². The van der Waals surface area contributed by atoms with Crippen molar-refractivity contribution in [2.45, 2.75) is 32.4 Å². The number of aliphatic hydroxyl groups is 1. The van der Waals surface area contributed by atoms with Gasteiger partial charge in [-0.05, 0) is 37.0 Å². The van der Waals surface area contributed by atoms with Crippen LogP contribution in [0.2, 0.25) is 0 Å². The van der Waals surface area contributed by atoms with Crippen LogP contribution in [-0.2, 0) is 19.1 Å². The highest BCUT2D eigenvalue weighted by molar-refractivity contribution is 6.12. The lowest BCUT2D eigenvalue weighted by Crippen LogP contribution is -2.47. The molecule has 2 aromatic rings. The van der Waals surface area contributed by atoms with E-state index in [1.807, 2.05) is 12.1 Å². The third kappa shape index (κ3) is 4.11. The van der Waals surface area contributed by atoms with Crippen LogP contribution in [0.3, 0.4) is 0 Å². The number of nitrogens with one attached hydrogen (secondary N) is 1. The molecule has 2 fully saturated rings. The summed E-state index contributed by atoms with van der Waals surface area (Å²) in [6, 6.07) is 3.74. The number of hydrogen-bond donors (Lipinski definition) is 2. The fraction of sp³-hybridized carbons (Fsp3) is 0.500. The van der Waals surface area contributed by atoms with Gasteiger partial charge in [-0.15, -0.1) is 0 Å². The van der Waals surface area contributed by atoms with Gasteiger partial charge >= 0.3 is 5.97 Å². The maximum atomic E-state index is 13.2. The number of aliphatic hydroxyl groups excluding tert-OH is 1. The summed E-state index contributed by atoms with van der Waals surface area (Å²) >= 11 is 0. The number of aromatic nitrogens is 2. The first-order chi connectivity index (χ1) is 14.6. The van der Waals surface area contributed by atoms with E-state index in [2.05, 4.69) is 21.8 Å². The predicted octanol–water partition coefficient (Wildman–Crippen LogP) is 2.10. The maximum Gasteiger partial charge on any atom is 0.322 e. The molecule has 0 saturated carbocycles. The highest BCUT2D eigenvalue weighted by Gasteiger charge is 2.49. The van der Waals surface area contributed by atoms with E-state index >= 15 is 0 Å². The Balaban J connectivity index is 1.61. The highest BCUT2D eigenvalue weighted by atomic mass is 16.6. The van der Waals surface area contributed by atoms with Crippen LogP contribution in [0.5, 0.6) is 0 Å². The molecule has 2 aliphatic heterocycles. The summed E-state index contributed by atoms with van der Waals surface area (Å²) in [5.74, 6) is -1.21. The van der Waals surface area contributed by atoms with Crippen molar-refractivity contribution in [3.63, 3.8) is 0 Å². The van der Waals surface area contributed by atoms with E-state index in [0.717, 1.165) is 42.5 Å². The number of hydrogen-bond acceptors (Lipinski definition) is 7. The Bertz CT molecular complexity index is 945. The molecule has 0 amide bonds. The number of ketones is 1. The summed E-state index contributed by atoms with van der Waals surface area (Å²) < 4.78 is 11.3. The number of esters is 1. The molecule has 2 unspecified atom stereocenters. The molecular weight excluding hydrogens is 386 g/mol. The molecule has 2 saturated heterocycles. The first kappa shape index (κ1) is 20.6. The Morgan fingerprint density at radius 1 is 1.43 bits per heavy atom. The number of piperidine rings is 1. The summed E-state index contributed by atoms with van der Waals surface area (Å²) in [7, 11) is 0. The number of fused-ring (bicyclic) bond motifs is 1. The van der Waals surface area contributed by atoms with Gasteiger partial charge in [-0.25, -0.2) is 4.98 Å². The van der Waals surface area contributed by atoms with Crippen LogP contribution in [0.4, 0.5) is 0 Å². The van der Waals surface area contributed by atoms with Gasteiger partial charge in [0.1, 0.15) is 5.65 Å². The summed E-state index contributed by atoms with van der Waals surface area (Å²) in [5.41, 5.74) is 1.50. The molecule has 2 aliphatic rings. The molecule has 160 valence electrons. The Labute approximate surface area is 174 Å². The van der Waals surface area contributed by atoms with E-state index in [4.69, 9.17) is 14.6 Å². The van der Waals surface area contributed by atoms with Crippen molar-refractivity contribution < 1.29 is 24.2 Å². The Hall–Kier alpha value is -2.71. The lowest BCUT2D eigenvalue weighted by atomic mass is 9.96. The number of likely N-dealkylation sites (tertiary alicyclic amines) is 1. The summed E-state index contributed by atoms with van der Waals surface area (Å²) in [6.45, 7) is 3.74. The minimum atomic E-state index is -1.02. The highest BCUT2D eigenvalue weighted by Crippen LogP contribution is 2.34. The Morgan fingerprint density at radius 3 is 3.00 bits per heavy atom. The predicted molar refractivity (Wildman–Crippen MR) is 110 cm³/mol. The van der Waals surface area contributed by atoms with Crippen LogP contribution in [0.1, 0.15) is 31.7 Å². The van der Waals surface area contributed by atoms with Crippen LogP contribution in [0, 0.1) is 11.8 Å². The number of aromatic amines is 1. The maximum absolute atomic E-state index is 13.2. The van der Waals surface area contributed by atoms with Crippen LogP contribution < -0.4 is 0 Å². The minimum Gasteiger partial charge on any atom is -0.470 e. The largest absolute Gasteiger partial charge is 0.470 e. The van der Waals surface area contributed by atoms with Gasteiger partial charge in [0.05, 0.1) is 6.61 Å². The molecule has 0 bridgehead atoms. The summed E-state index contributed by atoms with van der Waals surface area (Å²) in [5, 5.41) is 9.81. The van der Waals surface area contributed by atoms with E-state index in [0.29, 0.717) is 12.3 Å². The van der Waals surface area contributed by atoms with Gasteiger partial charge in [0, 0.05) is 49.5 Å². The molecule has 0 radical (unpaired) electrons. The summed E-state index contributed by atoms with van der Waals surface area (Å²) in [6.07, 6.45) is 6.79. The second kappa shape index (κ2) is 8.97. The van der Waals surface area contributed by atoms with Gasteiger partial charge in [-0.1, -0.05) is 6.92 Å². The minimum absolute atomic E-state index is 0.0738. The standard InChI is InChI=1S/C22H27N3O5/c1-14-5-8-25(9-6-14)21-18(22(28)29-11-3-10-26)19(27)17(30-21)12-15-13-24-20-16(15)4-2-7-23-20/h2,4,7,12-14,18,21,26H,3,5-6,8-11H2,1H3,(H,23,24)/b17-12-. The number of nitrogens with zero attached hydrogens (tertiary/aromatic N) is 2. The van der Waals surface area contributed by atoms with Gasteiger partial charge in [-0.2, -0.15) is 0 Å². The van der Waals surface area contributed by atoms with E-state index in [-0.39, 0.29) is 24.8 Å². The van der Waals surface area contributed by atoms with Gasteiger partial charge < -0.3 is 19.6 Å². The third-order valence-electron chi connectivity index (χ3n) is 5.81. The van der Waals surface area contributed by atoms with Crippen molar-refractivity contribution in [2.24, 2.45) is 11.8 Å². The van der Waals surface area contributed by atoms with Crippen LogP contribution in [-0.4, -0.2) is 64.3 Å². The average molecular weight is 413 g/mol. The van der Waals surface area contributed by atoms with Crippen molar-refractivity contribution in [3.8, 4) is 0 Å². The van der Waals surface area contributed by atoms with E-state index in [1.54, 1.807) is 18.5 Å². The molecule has 0 aromatic carbocycles. The number of carbonyl (C=O) groups excluding carboxylic acids is 2. The van der Waals surface area contributed by atoms with Crippen molar-refractivity contribution in [1.29, 1.82) is 0 Å². The van der Waals surface area contributed by atoms with Crippen LogP contribution in [0.15, 0.2) is 30.3 Å². The van der Waals surface area contributed by atoms with Crippen LogP contribution >= 0.6 is 0 Å². The van der Waals surface area contributed by atoms with E-state index < -0.39 is 18.1 Å². The Morgan fingerprint density at radius 2 is 2.23 bits per heavy atom. The van der Waals surface area contributed by atoms with Crippen molar-refractivity contribution >= 4 is 28.9 Å². The topological polar surface area (TPSA) is 105 Å². The smallest absolute Gasteiger partial charge is 0.322 e. The number of Topliss-reactive ketones (excluding diaryl/α,β-unsaturated/α-hetero) is 1. The van der Waals surface area contributed by atoms with Crippen molar-refractivity contribution in [2.75, 3.05) is 26.3 Å². The van der Waals surface area contributed by atoms with Gasteiger partial charge in [0.2, 0.25) is 5.78 Å². The molecule has 4 heterocycles. The average Bonchev–Trinajstić information content (AvgIpc) is 3.30. The first-order valence-electron chi connectivity index (χ1n) is 10.4. The van der Waals surface area contributed by atoms with E-state index in [9.17, 15) is 9.59 Å². The zero-order chi connectivity index (χ0) is 21.1. The molecular formula is C22H27N3O5. The number of carbonyl (C=O) groups is 2. The SMILES string of the molecule is CC1CCN(C2O/C(=C\c3c[nH]c4ncccc34)C(=O)C2C(=O)OCCCO)CC1. The molecule has 2 aromatic heterocycles. The normalized spacial score (nSPS) is 24.5. The summed E-state index contributed by atoms with van der Waals surface area (Å²) in [4.78, 5) is 35.3. The molecule has 0 aliphatic carbocycles.